The first-order chi connectivity index (χ1) is 6.15. The number of rotatable bonds is 4. The molecule has 0 aromatic carbocycles. The predicted molar refractivity (Wildman–Crippen MR) is 42.0 cm³/mol. The second kappa shape index (κ2) is 4.06. The van der Waals surface area contributed by atoms with E-state index in [1.165, 1.54) is 13.2 Å². The summed E-state index contributed by atoms with van der Waals surface area (Å²) in [5.74, 6) is -0.837. The topological polar surface area (TPSA) is 79.9 Å². The number of furan rings is 1. The van der Waals surface area contributed by atoms with Gasteiger partial charge in [0.2, 0.25) is 6.10 Å². The van der Waals surface area contributed by atoms with Crippen molar-refractivity contribution in [1.82, 2.24) is 0 Å². The molecule has 2 N–H and O–H groups in total. The standard InChI is InChI=1S/C8H10O5/c1-12-4-5-2-3-6(13-5)7(9)8(10)11/h2-3,7,9H,4H2,1H3,(H,10,11). The van der Waals surface area contributed by atoms with Gasteiger partial charge in [-0.05, 0) is 12.1 Å². The number of hydrogen-bond donors (Lipinski definition) is 2. The molecule has 0 bridgehead atoms. The fourth-order valence-corrected chi connectivity index (χ4v) is 0.883. The third-order valence-corrected chi connectivity index (χ3v) is 1.47. The maximum atomic E-state index is 10.3. The molecule has 0 saturated heterocycles. The van der Waals surface area contributed by atoms with Crippen molar-refractivity contribution in [3.8, 4) is 0 Å². The SMILES string of the molecule is COCc1ccc(C(O)C(=O)O)o1. The monoisotopic (exact) mass is 186 g/mol. The highest BCUT2D eigenvalue weighted by atomic mass is 16.5. The quantitative estimate of drug-likeness (QED) is 0.717. The highest BCUT2D eigenvalue weighted by Gasteiger charge is 2.19. The van der Waals surface area contributed by atoms with E-state index < -0.39 is 12.1 Å². The molecular formula is C8H10O5. The number of carboxylic acids is 1. The average molecular weight is 186 g/mol. The van der Waals surface area contributed by atoms with Crippen molar-refractivity contribution < 1.29 is 24.2 Å². The number of aliphatic hydroxyl groups excluding tert-OH is 1. The van der Waals surface area contributed by atoms with Gasteiger partial charge in [0.05, 0.1) is 0 Å². The summed E-state index contributed by atoms with van der Waals surface area (Å²) in [6.07, 6.45) is -1.61. The molecule has 72 valence electrons. The van der Waals surface area contributed by atoms with Crippen LogP contribution in [0.2, 0.25) is 0 Å². The second-order valence-electron chi connectivity index (χ2n) is 2.48. The lowest BCUT2D eigenvalue weighted by Gasteiger charge is -2.00. The Balaban J connectivity index is 2.73. The zero-order valence-corrected chi connectivity index (χ0v) is 7.06. The average Bonchev–Trinajstić information content (AvgIpc) is 2.52. The van der Waals surface area contributed by atoms with Crippen LogP contribution in [0.3, 0.4) is 0 Å². The summed E-state index contributed by atoms with van der Waals surface area (Å²) in [5, 5.41) is 17.5. The molecule has 0 fully saturated rings. The minimum Gasteiger partial charge on any atom is -0.479 e. The number of carboxylic acid groups (broad SMARTS) is 1. The van der Waals surface area contributed by atoms with E-state index in [2.05, 4.69) is 0 Å². The molecule has 0 saturated carbocycles. The summed E-state index contributed by atoms with van der Waals surface area (Å²) in [5.41, 5.74) is 0. The van der Waals surface area contributed by atoms with Gasteiger partial charge in [0.15, 0.2) is 0 Å². The molecule has 1 aromatic rings. The van der Waals surface area contributed by atoms with Crippen LogP contribution in [-0.4, -0.2) is 23.3 Å². The minimum absolute atomic E-state index is 0.0135. The minimum atomic E-state index is -1.61. The van der Waals surface area contributed by atoms with E-state index in [-0.39, 0.29) is 12.4 Å². The number of aliphatic hydroxyl groups is 1. The van der Waals surface area contributed by atoms with Crippen LogP contribution in [0, 0.1) is 0 Å². The van der Waals surface area contributed by atoms with Crippen molar-refractivity contribution in [1.29, 1.82) is 0 Å². The van der Waals surface area contributed by atoms with Gasteiger partial charge in [-0.1, -0.05) is 0 Å². The third-order valence-electron chi connectivity index (χ3n) is 1.47. The second-order valence-corrected chi connectivity index (χ2v) is 2.48. The molecule has 0 amide bonds. The van der Waals surface area contributed by atoms with Gasteiger partial charge in [0, 0.05) is 7.11 Å². The Bertz CT molecular complexity index is 290. The molecule has 1 rings (SSSR count). The molecule has 5 nitrogen and oxygen atoms in total. The van der Waals surface area contributed by atoms with Crippen molar-refractivity contribution in [2.45, 2.75) is 12.7 Å². The number of hydrogen-bond acceptors (Lipinski definition) is 4. The van der Waals surface area contributed by atoms with Gasteiger partial charge in [-0.15, -0.1) is 0 Å². The fraction of sp³-hybridized carbons (Fsp3) is 0.375. The fourth-order valence-electron chi connectivity index (χ4n) is 0.883. The van der Waals surface area contributed by atoms with E-state index in [0.717, 1.165) is 0 Å². The van der Waals surface area contributed by atoms with E-state index >= 15 is 0 Å². The van der Waals surface area contributed by atoms with Gasteiger partial charge in [-0.3, -0.25) is 0 Å². The molecular weight excluding hydrogens is 176 g/mol. The lowest BCUT2D eigenvalue weighted by atomic mass is 10.3. The van der Waals surface area contributed by atoms with E-state index in [9.17, 15) is 4.79 Å². The van der Waals surface area contributed by atoms with Crippen LogP contribution in [0.4, 0.5) is 0 Å². The van der Waals surface area contributed by atoms with Crippen LogP contribution < -0.4 is 0 Å². The molecule has 0 spiro atoms. The molecule has 13 heavy (non-hydrogen) atoms. The third kappa shape index (κ3) is 2.30. The molecule has 1 heterocycles. The number of ether oxygens (including phenoxy) is 1. The molecule has 0 radical (unpaired) electrons. The number of methoxy groups -OCH3 is 1. The number of aliphatic carboxylic acids is 1. The Morgan fingerprint density at radius 2 is 2.38 bits per heavy atom. The lowest BCUT2D eigenvalue weighted by molar-refractivity contribution is -0.147. The normalized spacial score (nSPS) is 12.8. The Labute approximate surface area is 74.5 Å². The van der Waals surface area contributed by atoms with Crippen LogP contribution in [0.25, 0.3) is 0 Å². The van der Waals surface area contributed by atoms with E-state index in [1.807, 2.05) is 0 Å². The van der Waals surface area contributed by atoms with E-state index in [0.29, 0.717) is 5.76 Å². The highest BCUT2D eigenvalue weighted by molar-refractivity contribution is 5.73. The van der Waals surface area contributed by atoms with E-state index in [1.54, 1.807) is 6.07 Å². The molecule has 0 aliphatic rings. The Morgan fingerprint density at radius 3 is 2.92 bits per heavy atom. The van der Waals surface area contributed by atoms with Gasteiger partial charge in [0.25, 0.3) is 0 Å². The van der Waals surface area contributed by atoms with Crippen molar-refractivity contribution in [2.75, 3.05) is 7.11 Å². The van der Waals surface area contributed by atoms with Gasteiger partial charge >= 0.3 is 5.97 Å². The zero-order chi connectivity index (χ0) is 9.84. The zero-order valence-electron chi connectivity index (χ0n) is 7.06. The van der Waals surface area contributed by atoms with Crippen LogP contribution in [0.5, 0.6) is 0 Å². The smallest absolute Gasteiger partial charge is 0.340 e. The van der Waals surface area contributed by atoms with E-state index in [4.69, 9.17) is 19.4 Å². The Hall–Kier alpha value is -1.33. The maximum absolute atomic E-state index is 10.3. The van der Waals surface area contributed by atoms with Crippen LogP contribution >= 0.6 is 0 Å². The van der Waals surface area contributed by atoms with Gasteiger partial charge in [-0.25, -0.2) is 4.79 Å². The highest BCUT2D eigenvalue weighted by Crippen LogP contribution is 2.16. The molecule has 0 aliphatic carbocycles. The van der Waals surface area contributed by atoms with Gasteiger partial charge in [0.1, 0.15) is 18.1 Å². The van der Waals surface area contributed by atoms with Crippen LogP contribution in [-0.2, 0) is 16.1 Å². The van der Waals surface area contributed by atoms with Gasteiger partial charge in [-0.2, -0.15) is 0 Å². The molecule has 5 heteroatoms. The van der Waals surface area contributed by atoms with Gasteiger partial charge < -0.3 is 19.4 Å². The Kier molecular flexibility index (Phi) is 3.05. The van der Waals surface area contributed by atoms with Crippen LogP contribution in [0.15, 0.2) is 16.5 Å². The Morgan fingerprint density at radius 1 is 1.69 bits per heavy atom. The number of carbonyl (C=O) groups is 1. The maximum Gasteiger partial charge on any atom is 0.340 e. The molecule has 0 aliphatic heterocycles. The van der Waals surface area contributed by atoms with Crippen LogP contribution in [0.1, 0.15) is 17.6 Å². The van der Waals surface area contributed by atoms with Crippen molar-refractivity contribution >= 4 is 5.97 Å². The summed E-state index contributed by atoms with van der Waals surface area (Å²) >= 11 is 0. The largest absolute Gasteiger partial charge is 0.479 e. The summed E-state index contributed by atoms with van der Waals surface area (Å²) in [6.45, 7) is 0.256. The van der Waals surface area contributed by atoms with Crippen molar-refractivity contribution in [3.05, 3.63) is 23.7 Å². The molecule has 1 atom stereocenters. The molecule has 1 aromatic heterocycles. The summed E-state index contributed by atoms with van der Waals surface area (Å²) in [4.78, 5) is 10.3. The first-order valence-corrected chi connectivity index (χ1v) is 3.63. The first kappa shape index (κ1) is 9.76. The van der Waals surface area contributed by atoms with Crippen molar-refractivity contribution in [3.63, 3.8) is 0 Å². The summed E-state index contributed by atoms with van der Waals surface area (Å²) < 4.78 is 9.75. The lowest BCUT2D eigenvalue weighted by Crippen LogP contribution is -2.09. The first-order valence-electron chi connectivity index (χ1n) is 3.63. The predicted octanol–water partition coefficient (Wildman–Crippen LogP) is 0.544. The molecule has 1 unspecified atom stereocenters. The summed E-state index contributed by atoms with van der Waals surface area (Å²) in [6, 6.07) is 2.97. The van der Waals surface area contributed by atoms with Crippen molar-refractivity contribution in [2.24, 2.45) is 0 Å². The summed E-state index contributed by atoms with van der Waals surface area (Å²) in [7, 11) is 1.50.